The zero-order valence-corrected chi connectivity index (χ0v) is 9.84. The Morgan fingerprint density at radius 2 is 2.25 bits per heavy atom. The molecule has 0 spiro atoms. The van der Waals surface area contributed by atoms with E-state index in [9.17, 15) is 0 Å². The molecular formula is C12H21N3O. The number of aliphatic hydroxyl groups excluding tert-OH is 1. The maximum Gasteiger partial charge on any atom is 0.0951 e. The number of aliphatic hydroxyl groups is 1. The predicted molar refractivity (Wildman–Crippen MR) is 62.9 cm³/mol. The Balaban J connectivity index is 2.15. The van der Waals surface area contributed by atoms with Gasteiger partial charge in [0.25, 0.3) is 0 Å². The van der Waals surface area contributed by atoms with Crippen LogP contribution in [0.25, 0.3) is 0 Å². The molecule has 2 atom stereocenters. The van der Waals surface area contributed by atoms with Gasteiger partial charge >= 0.3 is 0 Å². The fourth-order valence-corrected chi connectivity index (χ4v) is 2.70. The first-order valence-electron chi connectivity index (χ1n) is 6.12. The maximum atomic E-state index is 9.11. The summed E-state index contributed by atoms with van der Waals surface area (Å²) in [6.45, 7) is 2.20. The van der Waals surface area contributed by atoms with Gasteiger partial charge in [-0.15, -0.1) is 0 Å². The number of nitrogens with zero attached hydrogens (tertiary/aromatic N) is 2. The van der Waals surface area contributed by atoms with Crippen LogP contribution < -0.4 is 5.73 Å². The second-order valence-corrected chi connectivity index (χ2v) is 4.80. The molecule has 0 radical (unpaired) electrons. The number of hydrogen-bond donors (Lipinski definition) is 2. The Labute approximate surface area is 96.5 Å². The monoisotopic (exact) mass is 223 g/mol. The summed E-state index contributed by atoms with van der Waals surface area (Å²) in [5, 5.41) is 9.11. The Bertz CT molecular complexity index is 331. The lowest BCUT2D eigenvalue weighted by atomic mass is 9.99. The van der Waals surface area contributed by atoms with Crippen molar-refractivity contribution in [1.29, 1.82) is 0 Å². The summed E-state index contributed by atoms with van der Waals surface area (Å²) in [4.78, 5) is 4.16. The predicted octanol–water partition coefficient (Wildman–Crippen LogP) is 1.63. The molecule has 16 heavy (non-hydrogen) atoms. The van der Waals surface area contributed by atoms with Gasteiger partial charge in [0.2, 0.25) is 0 Å². The van der Waals surface area contributed by atoms with Crippen molar-refractivity contribution in [2.45, 2.75) is 44.7 Å². The van der Waals surface area contributed by atoms with Crippen LogP contribution in [0.15, 0.2) is 12.5 Å². The highest BCUT2D eigenvalue weighted by atomic mass is 16.3. The van der Waals surface area contributed by atoms with Crippen LogP contribution in [0.5, 0.6) is 0 Å². The summed E-state index contributed by atoms with van der Waals surface area (Å²) in [6, 6.07) is 0.129. The van der Waals surface area contributed by atoms with Gasteiger partial charge in [0.15, 0.2) is 0 Å². The molecule has 4 nitrogen and oxygen atoms in total. The highest BCUT2D eigenvalue weighted by Crippen LogP contribution is 2.34. The first-order chi connectivity index (χ1) is 7.74. The van der Waals surface area contributed by atoms with Crippen molar-refractivity contribution in [2.24, 2.45) is 11.7 Å². The lowest BCUT2D eigenvalue weighted by Gasteiger charge is -2.24. The zero-order chi connectivity index (χ0) is 11.5. The van der Waals surface area contributed by atoms with Crippen molar-refractivity contribution in [2.75, 3.05) is 6.61 Å². The van der Waals surface area contributed by atoms with Crippen LogP contribution in [0, 0.1) is 5.92 Å². The molecule has 3 N–H and O–H groups in total. The molecule has 1 aliphatic rings. The van der Waals surface area contributed by atoms with Crippen LogP contribution in [0.3, 0.4) is 0 Å². The van der Waals surface area contributed by atoms with Gasteiger partial charge in [-0.1, -0.05) is 12.8 Å². The molecule has 2 unspecified atom stereocenters. The fraction of sp³-hybridized carbons (Fsp3) is 0.750. The van der Waals surface area contributed by atoms with Crippen molar-refractivity contribution < 1.29 is 5.11 Å². The quantitative estimate of drug-likeness (QED) is 0.815. The van der Waals surface area contributed by atoms with E-state index in [2.05, 4.69) is 16.5 Å². The molecule has 0 amide bonds. The minimum Gasteiger partial charge on any atom is -0.394 e. The number of aromatic nitrogens is 2. The first kappa shape index (κ1) is 11.6. The SMILES string of the molecule is CC(C1CCCC1)n1cncc1C(N)CO. The Hall–Kier alpha value is -0.870. The van der Waals surface area contributed by atoms with E-state index in [4.69, 9.17) is 10.8 Å². The third kappa shape index (κ3) is 2.13. The van der Waals surface area contributed by atoms with Crippen LogP contribution in [0.1, 0.15) is 50.4 Å². The summed E-state index contributed by atoms with van der Waals surface area (Å²) in [6.07, 6.45) is 8.89. The topological polar surface area (TPSA) is 64.1 Å². The van der Waals surface area contributed by atoms with E-state index >= 15 is 0 Å². The van der Waals surface area contributed by atoms with Crippen LogP contribution in [-0.2, 0) is 0 Å². The highest BCUT2D eigenvalue weighted by Gasteiger charge is 2.25. The van der Waals surface area contributed by atoms with Crippen LogP contribution in [0.2, 0.25) is 0 Å². The largest absolute Gasteiger partial charge is 0.394 e. The van der Waals surface area contributed by atoms with E-state index in [0.717, 1.165) is 11.6 Å². The number of hydrogen-bond acceptors (Lipinski definition) is 3. The smallest absolute Gasteiger partial charge is 0.0951 e. The minimum atomic E-state index is -0.314. The van der Waals surface area contributed by atoms with Gasteiger partial charge in [0, 0.05) is 12.2 Å². The normalized spacial score (nSPS) is 21.2. The summed E-state index contributed by atoms with van der Waals surface area (Å²) >= 11 is 0. The third-order valence-electron chi connectivity index (χ3n) is 3.79. The second kappa shape index (κ2) is 4.97. The van der Waals surface area contributed by atoms with Crippen molar-refractivity contribution in [1.82, 2.24) is 9.55 Å². The molecule has 1 saturated carbocycles. The second-order valence-electron chi connectivity index (χ2n) is 4.80. The van der Waals surface area contributed by atoms with Gasteiger partial charge in [0.05, 0.1) is 24.7 Å². The average molecular weight is 223 g/mol. The van der Waals surface area contributed by atoms with E-state index in [1.165, 1.54) is 25.7 Å². The minimum absolute atomic E-state index is 0.0247. The van der Waals surface area contributed by atoms with Gasteiger partial charge in [-0.05, 0) is 25.7 Å². The van der Waals surface area contributed by atoms with Gasteiger partial charge in [-0.25, -0.2) is 4.98 Å². The number of imidazole rings is 1. The van der Waals surface area contributed by atoms with Crippen molar-refractivity contribution >= 4 is 0 Å². The van der Waals surface area contributed by atoms with Gasteiger partial charge in [-0.3, -0.25) is 0 Å². The summed E-state index contributed by atoms with van der Waals surface area (Å²) in [5.41, 5.74) is 6.81. The summed E-state index contributed by atoms with van der Waals surface area (Å²) in [5.74, 6) is 0.735. The number of nitrogens with two attached hydrogens (primary N) is 1. The molecule has 1 aliphatic carbocycles. The van der Waals surface area contributed by atoms with E-state index in [1.807, 2.05) is 6.33 Å². The molecule has 1 aromatic heterocycles. The fourth-order valence-electron chi connectivity index (χ4n) is 2.70. The molecule has 0 aliphatic heterocycles. The van der Waals surface area contributed by atoms with Gasteiger partial charge in [0.1, 0.15) is 0 Å². The maximum absolute atomic E-state index is 9.11. The zero-order valence-electron chi connectivity index (χ0n) is 9.84. The lowest BCUT2D eigenvalue weighted by molar-refractivity contribution is 0.257. The highest BCUT2D eigenvalue weighted by molar-refractivity contribution is 5.06. The molecule has 1 fully saturated rings. The first-order valence-corrected chi connectivity index (χ1v) is 6.12. The van der Waals surface area contributed by atoms with Gasteiger partial charge in [-0.2, -0.15) is 0 Å². The summed E-state index contributed by atoms with van der Waals surface area (Å²) < 4.78 is 2.14. The Kier molecular flexibility index (Phi) is 3.61. The summed E-state index contributed by atoms with van der Waals surface area (Å²) in [7, 11) is 0. The molecular weight excluding hydrogens is 202 g/mol. The van der Waals surface area contributed by atoms with Crippen molar-refractivity contribution in [3.05, 3.63) is 18.2 Å². The average Bonchev–Trinajstić information content (AvgIpc) is 2.97. The van der Waals surface area contributed by atoms with E-state index in [-0.39, 0.29) is 12.6 Å². The van der Waals surface area contributed by atoms with Gasteiger partial charge < -0.3 is 15.4 Å². The molecule has 0 saturated heterocycles. The lowest BCUT2D eigenvalue weighted by Crippen LogP contribution is -2.22. The van der Waals surface area contributed by atoms with Crippen LogP contribution in [-0.4, -0.2) is 21.3 Å². The Morgan fingerprint density at radius 3 is 2.88 bits per heavy atom. The Morgan fingerprint density at radius 1 is 1.56 bits per heavy atom. The van der Waals surface area contributed by atoms with E-state index in [0.29, 0.717) is 6.04 Å². The molecule has 4 heteroatoms. The van der Waals surface area contributed by atoms with E-state index in [1.54, 1.807) is 6.20 Å². The molecule has 1 aromatic rings. The van der Waals surface area contributed by atoms with Crippen LogP contribution in [0.4, 0.5) is 0 Å². The van der Waals surface area contributed by atoms with Crippen LogP contribution >= 0.6 is 0 Å². The molecule has 0 aromatic carbocycles. The third-order valence-corrected chi connectivity index (χ3v) is 3.79. The molecule has 0 bridgehead atoms. The van der Waals surface area contributed by atoms with E-state index < -0.39 is 0 Å². The van der Waals surface area contributed by atoms with Crippen molar-refractivity contribution in [3.8, 4) is 0 Å². The molecule has 1 heterocycles. The van der Waals surface area contributed by atoms with Crippen molar-refractivity contribution in [3.63, 3.8) is 0 Å². The standard InChI is InChI=1S/C12H21N3O/c1-9(10-4-2-3-5-10)15-8-14-6-12(15)11(13)7-16/h6,8-11,16H,2-5,7,13H2,1H3. The molecule has 90 valence electrons. The number of rotatable bonds is 4. The molecule has 2 rings (SSSR count).